The number of aromatic nitrogens is 4. The van der Waals surface area contributed by atoms with Crippen LogP contribution in [0.15, 0.2) is 48.5 Å². The van der Waals surface area contributed by atoms with Crippen LogP contribution in [0.2, 0.25) is 0 Å². The summed E-state index contributed by atoms with van der Waals surface area (Å²) in [7, 11) is 0. The molecule has 4 nitrogen and oxygen atoms in total. The molecule has 26 heavy (non-hydrogen) atoms. The van der Waals surface area contributed by atoms with Crippen LogP contribution in [0.25, 0.3) is 46.4 Å². The van der Waals surface area contributed by atoms with Crippen molar-refractivity contribution in [3.63, 3.8) is 0 Å². The Morgan fingerprint density at radius 2 is 0.846 bits per heavy atom. The number of fused-ring (bicyclic) bond motifs is 8. The summed E-state index contributed by atoms with van der Waals surface area (Å²) in [5, 5.41) is 0. The van der Waals surface area contributed by atoms with Gasteiger partial charge in [0.15, 0.2) is 0 Å². The minimum Gasteiger partial charge on any atom is -0.355 e. The van der Waals surface area contributed by atoms with Crippen LogP contribution in [0.5, 0.6) is 0 Å². The molecule has 2 aliphatic rings. The fourth-order valence-corrected chi connectivity index (χ4v) is 2.94. The SMILES string of the molecule is C.C1=Cc2cc3ccc(cc4ccc(cc5nc(cc1n2)C=C5)[nH]4)[nH]3.[Si]. The van der Waals surface area contributed by atoms with Crippen molar-refractivity contribution in [1.29, 1.82) is 0 Å². The van der Waals surface area contributed by atoms with Crippen molar-refractivity contribution in [3.8, 4) is 0 Å². The van der Waals surface area contributed by atoms with Gasteiger partial charge in [0.05, 0.1) is 22.8 Å². The smallest absolute Gasteiger partial charge is 0.0659 e. The summed E-state index contributed by atoms with van der Waals surface area (Å²) in [4.78, 5) is 16.0. The van der Waals surface area contributed by atoms with Crippen molar-refractivity contribution in [3.05, 3.63) is 71.3 Å². The molecule has 0 spiro atoms. The Balaban J connectivity index is 0.000000980. The molecule has 3 aromatic heterocycles. The molecule has 126 valence electrons. The number of hydrogen-bond donors (Lipinski definition) is 2. The average Bonchev–Trinajstić information content (AvgIpc) is 3.32. The van der Waals surface area contributed by atoms with Gasteiger partial charge in [-0.1, -0.05) is 7.43 Å². The number of nitrogens with one attached hydrogen (secondary N) is 2. The zero-order valence-corrected chi connectivity index (χ0v) is 14.3. The van der Waals surface area contributed by atoms with Crippen LogP contribution in [0.1, 0.15) is 30.2 Å². The zero-order chi connectivity index (χ0) is 15.9. The molecule has 0 amide bonds. The predicted octanol–water partition coefficient (Wildman–Crippen LogP) is 4.91. The van der Waals surface area contributed by atoms with Crippen LogP contribution in [-0.2, 0) is 0 Å². The Kier molecular flexibility index (Phi) is 4.73. The first-order valence-electron chi connectivity index (χ1n) is 7.85. The Bertz CT molecular complexity index is 1080. The van der Waals surface area contributed by atoms with Crippen molar-refractivity contribution >= 4 is 57.3 Å². The monoisotopic (exact) mass is 354 g/mol. The zero-order valence-electron chi connectivity index (χ0n) is 13.3. The van der Waals surface area contributed by atoms with Crippen LogP contribution in [-0.4, -0.2) is 30.9 Å². The molecular formula is C21H18N4Si. The Hall–Kier alpha value is -3.18. The molecule has 0 unspecified atom stereocenters. The Morgan fingerprint density at radius 3 is 1.27 bits per heavy atom. The summed E-state index contributed by atoms with van der Waals surface area (Å²) in [6, 6.07) is 16.4. The second-order valence-electron chi connectivity index (χ2n) is 5.91. The summed E-state index contributed by atoms with van der Waals surface area (Å²) in [6.07, 6.45) is 8.05. The Labute approximate surface area is 156 Å². The van der Waals surface area contributed by atoms with E-state index in [0.29, 0.717) is 0 Å². The van der Waals surface area contributed by atoms with Crippen LogP contribution < -0.4 is 0 Å². The Morgan fingerprint density at radius 1 is 0.500 bits per heavy atom. The van der Waals surface area contributed by atoms with E-state index < -0.39 is 0 Å². The minimum atomic E-state index is 0. The van der Waals surface area contributed by atoms with Gasteiger partial charge in [0.1, 0.15) is 0 Å². The van der Waals surface area contributed by atoms with Crippen molar-refractivity contribution in [2.75, 3.05) is 0 Å². The van der Waals surface area contributed by atoms with E-state index in [4.69, 9.17) is 0 Å². The van der Waals surface area contributed by atoms with Gasteiger partial charge in [-0.05, 0) is 72.8 Å². The van der Waals surface area contributed by atoms with E-state index in [0.717, 1.165) is 44.8 Å². The maximum absolute atomic E-state index is 4.62. The van der Waals surface area contributed by atoms with Gasteiger partial charge in [0.2, 0.25) is 0 Å². The van der Waals surface area contributed by atoms with E-state index in [1.165, 1.54) is 0 Å². The molecule has 0 saturated heterocycles. The highest BCUT2D eigenvalue weighted by molar-refractivity contribution is 5.77. The summed E-state index contributed by atoms with van der Waals surface area (Å²) in [6.45, 7) is 0. The molecule has 5 heterocycles. The van der Waals surface area contributed by atoms with E-state index in [9.17, 15) is 0 Å². The van der Waals surface area contributed by atoms with Crippen LogP contribution >= 0.6 is 0 Å². The van der Waals surface area contributed by atoms with Gasteiger partial charge in [-0.25, -0.2) is 9.97 Å². The molecule has 0 aliphatic carbocycles. The molecule has 4 radical (unpaired) electrons. The van der Waals surface area contributed by atoms with Gasteiger partial charge in [-0.3, -0.25) is 0 Å². The highest BCUT2D eigenvalue weighted by atomic mass is 28.1. The van der Waals surface area contributed by atoms with E-state index in [1.807, 2.05) is 42.5 Å². The third-order valence-electron chi connectivity index (χ3n) is 4.04. The third kappa shape index (κ3) is 3.43. The molecule has 3 aromatic rings. The first-order chi connectivity index (χ1) is 11.8. The molecule has 2 aliphatic heterocycles. The van der Waals surface area contributed by atoms with Crippen LogP contribution in [0.4, 0.5) is 0 Å². The van der Waals surface area contributed by atoms with Gasteiger partial charge in [0.25, 0.3) is 0 Å². The molecule has 2 N–H and O–H groups in total. The molecule has 8 bridgehead atoms. The minimum absolute atomic E-state index is 0. The van der Waals surface area contributed by atoms with Crippen LogP contribution in [0.3, 0.4) is 0 Å². The second-order valence-corrected chi connectivity index (χ2v) is 5.91. The summed E-state index contributed by atoms with van der Waals surface area (Å²) >= 11 is 0. The number of aromatic amines is 2. The fraction of sp³-hybridized carbons (Fsp3) is 0.0476. The lowest BCUT2D eigenvalue weighted by Gasteiger charge is -1.86. The summed E-state index contributed by atoms with van der Waals surface area (Å²) in [5.41, 5.74) is 7.86. The summed E-state index contributed by atoms with van der Waals surface area (Å²) in [5.74, 6) is 0. The quantitative estimate of drug-likeness (QED) is 0.388. The van der Waals surface area contributed by atoms with Crippen molar-refractivity contribution < 1.29 is 0 Å². The standard InChI is InChI=1S/C20H14N4.CH4.Si/c1-2-14-10-16-5-6-18(23-16)12-20-8-7-19(24-20)11-17-4-3-15(22-17)9-13(1)21-14;;/h1-12,21-22H;1H4;. The lowest BCUT2D eigenvalue weighted by Crippen LogP contribution is -1.77. The highest BCUT2D eigenvalue weighted by Crippen LogP contribution is 2.17. The average molecular weight is 354 g/mol. The molecule has 0 atom stereocenters. The van der Waals surface area contributed by atoms with Gasteiger partial charge in [-0.2, -0.15) is 0 Å². The summed E-state index contributed by atoms with van der Waals surface area (Å²) < 4.78 is 0. The number of rotatable bonds is 0. The molecule has 0 aromatic carbocycles. The second kappa shape index (κ2) is 6.97. The van der Waals surface area contributed by atoms with E-state index in [1.54, 1.807) is 0 Å². The lowest BCUT2D eigenvalue weighted by molar-refractivity contribution is 1.28. The molecule has 5 heteroatoms. The van der Waals surface area contributed by atoms with Crippen molar-refractivity contribution in [1.82, 2.24) is 19.9 Å². The fourth-order valence-electron chi connectivity index (χ4n) is 2.94. The van der Waals surface area contributed by atoms with Crippen molar-refractivity contribution in [2.45, 2.75) is 7.43 Å². The largest absolute Gasteiger partial charge is 0.355 e. The molecule has 0 saturated carbocycles. The number of nitrogens with zero attached hydrogens (tertiary/aromatic N) is 2. The van der Waals surface area contributed by atoms with Gasteiger partial charge in [-0.15, -0.1) is 0 Å². The first-order valence-corrected chi connectivity index (χ1v) is 7.85. The van der Waals surface area contributed by atoms with Gasteiger partial charge >= 0.3 is 0 Å². The molecule has 5 rings (SSSR count). The lowest BCUT2D eigenvalue weighted by atomic mass is 10.3. The number of hydrogen-bond acceptors (Lipinski definition) is 2. The molecular weight excluding hydrogens is 336 g/mol. The predicted molar refractivity (Wildman–Crippen MR) is 111 cm³/mol. The highest BCUT2D eigenvalue weighted by Gasteiger charge is 2.02. The topological polar surface area (TPSA) is 57.4 Å². The van der Waals surface area contributed by atoms with Gasteiger partial charge < -0.3 is 9.97 Å². The van der Waals surface area contributed by atoms with Gasteiger partial charge in [0, 0.05) is 33.0 Å². The van der Waals surface area contributed by atoms with E-state index in [-0.39, 0.29) is 18.4 Å². The first kappa shape index (κ1) is 17.6. The van der Waals surface area contributed by atoms with Crippen molar-refractivity contribution in [2.24, 2.45) is 0 Å². The third-order valence-corrected chi connectivity index (χ3v) is 4.04. The van der Waals surface area contributed by atoms with Crippen LogP contribution in [0, 0.1) is 0 Å². The number of H-pyrrole nitrogens is 2. The van der Waals surface area contributed by atoms with E-state index in [2.05, 4.69) is 50.3 Å². The maximum Gasteiger partial charge on any atom is 0.0659 e. The van der Waals surface area contributed by atoms with E-state index >= 15 is 0 Å². The normalized spacial score (nSPS) is 11.7. The maximum atomic E-state index is 4.62. The molecule has 0 fully saturated rings.